The average molecular weight is 1430 g/mol. The molecule has 0 spiro atoms. The van der Waals surface area contributed by atoms with E-state index in [-0.39, 0.29) is 50.5 Å². The van der Waals surface area contributed by atoms with Crippen molar-refractivity contribution in [3.8, 4) is 0 Å². The summed E-state index contributed by atoms with van der Waals surface area (Å²) >= 11 is 6.49. The molecule has 2 aromatic rings. The quantitative estimate of drug-likeness (QED) is 0.208. The van der Waals surface area contributed by atoms with Gasteiger partial charge in [-0.3, -0.25) is 57.5 Å². The molecule has 0 bridgehead atoms. The van der Waals surface area contributed by atoms with E-state index in [2.05, 4.69) is 16.0 Å². The van der Waals surface area contributed by atoms with E-state index in [9.17, 15) is 29.1 Å². The van der Waals surface area contributed by atoms with Crippen LogP contribution < -0.4 is 16.0 Å². The zero-order valence-corrected chi connectivity index (χ0v) is 63.9. The second kappa shape index (κ2) is 37.5. The van der Waals surface area contributed by atoms with Crippen molar-refractivity contribution in [2.45, 2.75) is 219 Å². The van der Waals surface area contributed by atoms with Crippen LogP contribution in [0, 0.1) is 23.7 Å². The van der Waals surface area contributed by atoms with Crippen LogP contribution in [0.3, 0.4) is 0 Å². The Bertz CT molecular complexity index is 3230. The highest BCUT2D eigenvalue weighted by Crippen LogP contribution is 2.28. The predicted molar refractivity (Wildman–Crippen MR) is 384 cm³/mol. The van der Waals surface area contributed by atoms with Crippen LogP contribution in [-0.2, 0) is 75.1 Å². The Morgan fingerprint density at radius 1 is 0.545 bits per heavy atom. The SMILES string of the molecule is CC(C)C[C@H]1C(=O)N[C@@H](COC(C)(C)C)C(=O)N(C)[C@@H](Cc2ccccc2)C(=O)N(C)[C@@H](CC(C)C)C(=O)N(C)[C@H](C(=O)N2CCCCC2)CC(=O)N2CCC[C@H]2C(=O)N(C)[C@@H](Cc2cccc(Cl)c2)C(=O)N[C@@H](C(C)C)C(=O)N(C)[C@@H](C(C)C)C(=O)N[C@@H]([C@@H](C)O)C(=O)N(C)CC(=O)N1C. The van der Waals surface area contributed by atoms with E-state index in [0.29, 0.717) is 48.5 Å². The van der Waals surface area contributed by atoms with Crippen LogP contribution >= 0.6 is 11.6 Å². The monoisotopic (exact) mass is 1430 g/mol. The number of nitrogens with one attached hydrogen (secondary N) is 3. The number of aliphatic hydroxyl groups is 1. The van der Waals surface area contributed by atoms with Gasteiger partial charge in [-0.1, -0.05) is 109 Å². The number of nitrogens with zero attached hydrogens (tertiary/aromatic N) is 9. The number of likely N-dealkylation sites (N-methyl/N-ethyl adjacent to an activating group) is 7. The summed E-state index contributed by atoms with van der Waals surface area (Å²) in [5.41, 5.74) is 0.334. The number of fused-ring (bicyclic) bond motifs is 1. The summed E-state index contributed by atoms with van der Waals surface area (Å²) in [6.07, 6.45) is 0.596. The molecule has 26 nitrogen and oxygen atoms in total. The molecule has 0 radical (unpaired) electrons. The minimum absolute atomic E-state index is 0.0660. The van der Waals surface area contributed by atoms with Gasteiger partial charge < -0.3 is 69.9 Å². The van der Waals surface area contributed by atoms with Gasteiger partial charge in [0.2, 0.25) is 70.9 Å². The van der Waals surface area contributed by atoms with Gasteiger partial charge in [0.1, 0.15) is 60.4 Å². The number of hydrogen-bond donors (Lipinski definition) is 4. The number of ether oxygens (including phenoxy) is 1. The van der Waals surface area contributed by atoms with E-state index in [1.807, 2.05) is 27.7 Å². The molecule has 0 unspecified atom stereocenters. The maximum absolute atomic E-state index is 15.7. The number of aliphatic hydroxyl groups excluding tert-OH is 1. The molecule has 5 rings (SSSR count). The Morgan fingerprint density at radius 2 is 1.09 bits per heavy atom. The van der Waals surface area contributed by atoms with E-state index in [4.69, 9.17) is 16.3 Å². The Labute approximate surface area is 603 Å². The molecule has 3 saturated heterocycles. The van der Waals surface area contributed by atoms with Crippen molar-refractivity contribution in [1.82, 2.24) is 60.0 Å². The van der Waals surface area contributed by atoms with Gasteiger partial charge >= 0.3 is 0 Å². The van der Waals surface area contributed by atoms with Gasteiger partial charge in [0.05, 0.1) is 31.3 Å². The van der Waals surface area contributed by atoms with Gasteiger partial charge in [0.15, 0.2) is 0 Å². The Kier molecular flexibility index (Phi) is 31.1. The van der Waals surface area contributed by atoms with E-state index < -0.39 is 174 Å². The number of piperidine rings is 1. The summed E-state index contributed by atoms with van der Waals surface area (Å²) in [5, 5.41) is 19.9. The molecule has 12 amide bonds. The molecule has 3 fully saturated rings. The van der Waals surface area contributed by atoms with Crippen molar-refractivity contribution < 1.29 is 67.4 Å². The van der Waals surface area contributed by atoms with Crippen molar-refractivity contribution in [1.29, 1.82) is 0 Å². The lowest BCUT2D eigenvalue weighted by Crippen LogP contribution is -2.63. The fourth-order valence-electron chi connectivity index (χ4n) is 13.4. The molecule has 11 atom stereocenters. The molecule has 4 N–H and O–H groups in total. The van der Waals surface area contributed by atoms with E-state index in [1.54, 1.807) is 108 Å². The fourth-order valence-corrected chi connectivity index (χ4v) is 13.6. The average Bonchev–Trinajstić information content (AvgIpc) is 1.65. The lowest BCUT2D eigenvalue weighted by Gasteiger charge is -2.40. The third-order valence-electron chi connectivity index (χ3n) is 19.4. The lowest BCUT2D eigenvalue weighted by molar-refractivity contribution is -0.156. The van der Waals surface area contributed by atoms with Crippen LogP contribution in [0.2, 0.25) is 5.02 Å². The van der Waals surface area contributed by atoms with Crippen molar-refractivity contribution in [2.24, 2.45) is 23.7 Å². The van der Waals surface area contributed by atoms with Crippen LogP contribution in [-0.4, -0.2) is 274 Å². The first-order valence-corrected chi connectivity index (χ1v) is 36.0. The number of rotatable bonds is 14. The molecule has 0 aromatic heterocycles. The smallest absolute Gasteiger partial charge is 0.248 e. The molecule has 3 aliphatic rings. The van der Waals surface area contributed by atoms with Gasteiger partial charge in [-0.15, -0.1) is 0 Å². The van der Waals surface area contributed by atoms with Gasteiger partial charge in [-0.25, -0.2) is 0 Å². The van der Waals surface area contributed by atoms with E-state index in [1.165, 1.54) is 80.8 Å². The molecular weight excluding hydrogens is 1320 g/mol. The van der Waals surface area contributed by atoms with Crippen molar-refractivity contribution in [3.63, 3.8) is 0 Å². The van der Waals surface area contributed by atoms with Crippen LogP contribution in [0.1, 0.15) is 146 Å². The summed E-state index contributed by atoms with van der Waals surface area (Å²) in [4.78, 5) is 192. The number of carbonyl (C=O) groups is 12. The summed E-state index contributed by atoms with van der Waals surface area (Å²) in [5.74, 6) is -10.3. The number of carbonyl (C=O) groups excluding carboxylic acids is 12. The largest absolute Gasteiger partial charge is 0.391 e. The fraction of sp³-hybridized carbons (Fsp3) is 0.676. The Hall–Kier alpha value is -7.71. The highest BCUT2D eigenvalue weighted by Gasteiger charge is 2.47. The molecule has 0 saturated carbocycles. The van der Waals surface area contributed by atoms with Gasteiger partial charge in [0, 0.05) is 86.8 Å². The predicted octanol–water partition coefficient (Wildman–Crippen LogP) is 4.01. The minimum Gasteiger partial charge on any atom is -0.391 e. The first kappa shape index (κ1) is 83.9. The molecule has 562 valence electrons. The third-order valence-corrected chi connectivity index (χ3v) is 19.7. The highest BCUT2D eigenvalue weighted by molar-refractivity contribution is 6.30. The van der Waals surface area contributed by atoms with Crippen molar-refractivity contribution in [3.05, 3.63) is 70.7 Å². The van der Waals surface area contributed by atoms with E-state index in [0.717, 1.165) is 21.1 Å². The molecule has 3 aliphatic heterocycles. The molecular formula is C74H115ClN12O14. The highest BCUT2D eigenvalue weighted by atomic mass is 35.5. The lowest BCUT2D eigenvalue weighted by atomic mass is 9.96. The zero-order valence-electron chi connectivity index (χ0n) is 63.1. The van der Waals surface area contributed by atoms with Crippen molar-refractivity contribution in [2.75, 3.05) is 82.1 Å². The second-order valence-electron chi connectivity index (χ2n) is 30.3. The number of amides is 12. The van der Waals surface area contributed by atoms with Crippen LogP contribution in [0.15, 0.2) is 54.6 Å². The molecule has 0 aliphatic carbocycles. The van der Waals surface area contributed by atoms with Gasteiger partial charge in [-0.2, -0.15) is 0 Å². The summed E-state index contributed by atoms with van der Waals surface area (Å²) in [6.45, 7) is 20.4. The maximum atomic E-state index is 15.7. The summed E-state index contributed by atoms with van der Waals surface area (Å²) < 4.78 is 6.21. The van der Waals surface area contributed by atoms with Crippen molar-refractivity contribution >= 4 is 82.5 Å². The Balaban J connectivity index is 1.72. The zero-order chi connectivity index (χ0) is 75.8. The second-order valence-corrected chi connectivity index (χ2v) is 30.7. The normalized spacial score (nSPS) is 25.8. The molecule has 2 aromatic carbocycles. The standard InChI is InChI=1S/C74H115ClN12O14/c1-44(2)36-54-64(91)76-52(43-101-74(10,11)12)67(94)82(16)57(39-49-28-22-20-23-29-49)70(97)83(17)56(37-45(3)4)69(96)84(18)58(71(98)86-33-24-21-25-34-86)41-59(89)87-35-27-32-53(87)68(95)81(15)55(40-50-30-26-31-51(75)38-50)65(92)77-61(46(5)6)73(100)85(19)63(47(7)8)66(93)78-62(48(9)88)72(99)79(13)42-60(90)80(54)14/h20,22-23,26,28-31,38,44-48,52-58,61-63,88H,21,24-25,27,32-37,39-43H2,1-19H3,(H,76,91)(H,77,92)(H,78,93)/t48-,52+,53+,54+,55+,56+,57+,58+,61+,62+,63+/m1/s1. The first-order chi connectivity index (χ1) is 47.2. The van der Waals surface area contributed by atoms with Crippen LogP contribution in [0.5, 0.6) is 0 Å². The van der Waals surface area contributed by atoms with Gasteiger partial charge in [0.25, 0.3) is 0 Å². The van der Waals surface area contributed by atoms with Crippen LogP contribution in [0.4, 0.5) is 0 Å². The van der Waals surface area contributed by atoms with Gasteiger partial charge in [-0.05, 0) is 120 Å². The number of likely N-dealkylation sites (tertiary alicyclic amines) is 1. The molecule has 27 heteroatoms. The molecule has 101 heavy (non-hydrogen) atoms. The number of halogens is 1. The summed E-state index contributed by atoms with van der Waals surface area (Å²) in [7, 11) is 9.75. The van der Waals surface area contributed by atoms with Crippen LogP contribution in [0.25, 0.3) is 0 Å². The summed E-state index contributed by atoms with van der Waals surface area (Å²) in [6, 6.07) is 2.00. The minimum atomic E-state index is -1.67. The topological polar surface area (TPSA) is 300 Å². The number of hydrogen-bond acceptors (Lipinski definition) is 14. The molecule has 3 heterocycles. The van der Waals surface area contributed by atoms with E-state index >= 15 is 33.6 Å². The third kappa shape index (κ3) is 22.6. The maximum Gasteiger partial charge on any atom is 0.248 e. The number of benzene rings is 2. The first-order valence-electron chi connectivity index (χ1n) is 35.6. The Morgan fingerprint density at radius 3 is 1.65 bits per heavy atom.